The van der Waals surface area contributed by atoms with Gasteiger partial charge in [-0.25, -0.2) is 0 Å². The van der Waals surface area contributed by atoms with E-state index in [2.05, 4.69) is 29.8 Å². The number of phenols is 2. The van der Waals surface area contributed by atoms with Crippen molar-refractivity contribution in [2.24, 2.45) is 0 Å². The summed E-state index contributed by atoms with van der Waals surface area (Å²) in [5.74, 6) is 0.273. The number of phenolic OH excluding ortho intramolecular Hbond substituents is 2. The predicted molar refractivity (Wildman–Crippen MR) is 79.7 cm³/mol. The predicted octanol–water partition coefficient (Wildman–Crippen LogP) is 4.72. The van der Waals surface area contributed by atoms with Crippen molar-refractivity contribution in [3.63, 3.8) is 0 Å². The van der Waals surface area contributed by atoms with Crippen LogP contribution < -0.4 is 0 Å². The van der Waals surface area contributed by atoms with Crippen LogP contribution in [0.4, 0.5) is 0 Å². The molecular formula is C15H23BrO2. The molecule has 18 heavy (non-hydrogen) atoms. The first-order valence-electron chi connectivity index (χ1n) is 6.55. The van der Waals surface area contributed by atoms with Gasteiger partial charge in [-0.3, -0.25) is 0 Å². The van der Waals surface area contributed by atoms with Crippen molar-refractivity contribution < 1.29 is 10.2 Å². The Balaban J connectivity index is 2.56. The minimum atomic E-state index is -0.00930. The van der Waals surface area contributed by atoms with Crippen molar-refractivity contribution in [2.45, 2.75) is 51.4 Å². The molecule has 0 aliphatic rings. The second-order valence-corrected chi connectivity index (χ2v) is 6.27. The van der Waals surface area contributed by atoms with Crippen LogP contribution in [0.3, 0.4) is 0 Å². The minimum Gasteiger partial charge on any atom is -0.508 e. The molecule has 0 heterocycles. The summed E-state index contributed by atoms with van der Waals surface area (Å²) in [5.41, 5.74) is 0.991. The van der Waals surface area contributed by atoms with Crippen LogP contribution in [0.1, 0.15) is 51.5 Å². The first-order valence-corrected chi connectivity index (χ1v) is 7.67. The molecule has 0 bridgehead atoms. The van der Waals surface area contributed by atoms with Gasteiger partial charge in [-0.2, -0.15) is 0 Å². The molecule has 1 aromatic carbocycles. The zero-order valence-electron chi connectivity index (χ0n) is 11.2. The summed E-state index contributed by atoms with van der Waals surface area (Å²) < 4.78 is 0. The van der Waals surface area contributed by atoms with E-state index in [1.54, 1.807) is 12.1 Å². The Morgan fingerprint density at radius 3 is 2.06 bits per heavy atom. The summed E-state index contributed by atoms with van der Waals surface area (Å²) in [5, 5.41) is 20.1. The summed E-state index contributed by atoms with van der Waals surface area (Å²) in [6, 6.07) is 4.87. The molecule has 0 aliphatic carbocycles. The fourth-order valence-corrected chi connectivity index (χ4v) is 2.54. The zero-order chi connectivity index (χ0) is 13.6. The summed E-state index contributed by atoms with van der Waals surface area (Å²) in [6.45, 7) is 4.32. The second-order valence-electron chi connectivity index (χ2n) is 5.48. The van der Waals surface area contributed by atoms with Gasteiger partial charge in [0.1, 0.15) is 11.5 Å². The lowest BCUT2D eigenvalue weighted by atomic mass is 9.80. The number of unbranched alkanes of at least 4 members (excludes halogenated alkanes) is 3. The average molecular weight is 315 g/mol. The van der Waals surface area contributed by atoms with Crippen LogP contribution in [0.25, 0.3) is 0 Å². The molecule has 0 amide bonds. The number of hydrogen-bond donors (Lipinski definition) is 2. The molecule has 3 heteroatoms. The van der Waals surface area contributed by atoms with Gasteiger partial charge in [-0.15, -0.1) is 0 Å². The van der Waals surface area contributed by atoms with E-state index >= 15 is 0 Å². The van der Waals surface area contributed by atoms with Crippen molar-refractivity contribution >= 4 is 15.9 Å². The molecule has 0 saturated carbocycles. The topological polar surface area (TPSA) is 40.5 Å². The third kappa shape index (κ3) is 4.89. The fourth-order valence-electron chi connectivity index (χ4n) is 2.15. The molecule has 0 saturated heterocycles. The average Bonchev–Trinajstić information content (AvgIpc) is 2.27. The molecule has 0 aliphatic heterocycles. The zero-order valence-corrected chi connectivity index (χ0v) is 12.8. The Kier molecular flexibility index (Phi) is 6.00. The Morgan fingerprint density at radius 1 is 0.944 bits per heavy atom. The number of aromatic hydroxyl groups is 2. The number of halogens is 1. The van der Waals surface area contributed by atoms with Crippen LogP contribution >= 0.6 is 15.9 Å². The van der Waals surface area contributed by atoms with E-state index in [1.165, 1.54) is 31.7 Å². The van der Waals surface area contributed by atoms with Crippen molar-refractivity contribution in [1.82, 2.24) is 0 Å². The number of benzene rings is 1. The normalized spacial score (nSPS) is 11.7. The van der Waals surface area contributed by atoms with Gasteiger partial charge in [0.2, 0.25) is 0 Å². The van der Waals surface area contributed by atoms with Crippen LogP contribution in [-0.4, -0.2) is 15.5 Å². The minimum absolute atomic E-state index is 0.00930. The third-order valence-corrected chi connectivity index (χ3v) is 3.93. The lowest BCUT2D eigenvalue weighted by Gasteiger charge is -2.25. The Morgan fingerprint density at radius 2 is 1.50 bits per heavy atom. The maximum absolute atomic E-state index is 9.53. The van der Waals surface area contributed by atoms with Gasteiger partial charge < -0.3 is 10.2 Å². The molecule has 0 fully saturated rings. The van der Waals surface area contributed by atoms with Crippen LogP contribution in [0.2, 0.25) is 0 Å². The number of alkyl halides is 1. The lowest BCUT2D eigenvalue weighted by Crippen LogP contribution is -2.16. The first kappa shape index (κ1) is 15.4. The summed E-state index contributed by atoms with van der Waals surface area (Å²) in [4.78, 5) is 0. The molecule has 1 aromatic rings. The standard InChI is InChI=1S/C15H23BrO2/c1-15(2,7-5-3-4-6-8-16)12-9-13(17)11-14(18)10-12/h9-11,17-18H,3-8H2,1-2H3. The maximum atomic E-state index is 9.53. The largest absolute Gasteiger partial charge is 0.508 e. The summed E-state index contributed by atoms with van der Waals surface area (Å²) >= 11 is 3.44. The highest BCUT2D eigenvalue weighted by Crippen LogP contribution is 2.33. The summed E-state index contributed by atoms with van der Waals surface area (Å²) in [7, 11) is 0. The molecule has 2 nitrogen and oxygen atoms in total. The van der Waals surface area contributed by atoms with E-state index < -0.39 is 0 Å². The fraction of sp³-hybridized carbons (Fsp3) is 0.600. The number of rotatable bonds is 7. The molecule has 0 atom stereocenters. The smallest absolute Gasteiger partial charge is 0.119 e. The van der Waals surface area contributed by atoms with Gasteiger partial charge in [-0.1, -0.05) is 49.0 Å². The maximum Gasteiger partial charge on any atom is 0.119 e. The molecule has 1 rings (SSSR count). The van der Waals surface area contributed by atoms with Crippen LogP contribution in [0, 0.1) is 0 Å². The van der Waals surface area contributed by atoms with E-state index in [0.29, 0.717) is 0 Å². The molecule has 2 N–H and O–H groups in total. The first-order chi connectivity index (χ1) is 8.45. The second kappa shape index (κ2) is 7.03. The Hall–Kier alpha value is -0.700. The highest BCUT2D eigenvalue weighted by Gasteiger charge is 2.21. The van der Waals surface area contributed by atoms with Crippen LogP contribution in [0.5, 0.6) is 11.5 Å². The Bertz CT molecular complexity index is 355. The van der Waals surface area contributed by atoms with Crippen molar-refractivity contribution in [1.29, 1.82) is 0 Å². The molecule has 0 spiro atoms. The van der Waals surface area contributed by atoms with Crippen molar-refractivity contribution in [3.05, 3.63) is 23.8 Å². The molecule has 0 unspecified atom stereocenters. The van der Waals surface area contributed by atoms with Gasteiger partial charge in [0, 0.05) is 11.4 Å². The lowest BCUT2D eigenvalue weighted by molar-refractivity contribution is 0.424. The van der Waals surface area contributed by atoms with Gasteiger partial charge in [0.05, 0.1) is 0 Å². The van der Waals surface area contributed by atoms with E-state index in [1.807, 2.05) is 0 Å². The summed E-state index contributed by atoms with van der Waals surface area (Å²) in [6.07, 6.45) is 5.97. The highest BCUT2D eigenvalue weighted by atomic mass is 79.9. The van der Waals surface area contributed by atoms with E-state index in [4.69, 9.17) is 0 Å². The van der Waals surface area contributed by atoms with E-state index in [-0.39, 0.29) is 16.9 Å². The molecule has 102 valence electrons. The van der Waals surface area contributed by atoms with Crippen molar-refractivity contribution in [3.8, 4) is 11.5 Å². The van der Waals surface area contributed by atoms with E-state index in [9.17, 15) is 10.2 Å². The quantitative estimate of drug-likeness (QED) is 0.564. The molecular weight excluding hydrogens is 292 g/mol. The van der Waals surface area contributed by atoms with Crippen LogP contribution in [0.15, 0.2) is 18.2 Å². The Labute approximate surface area is 118 Å². The highest BCUT2D eigenvalue weighted by molar-refractivity contribution is 9.09. The van der Waals surface area contributed by atoms with Crippen LogP contribution in [-0.2, 0) is 5.41 Å². The van der Waals surface area contributed by atoms with E-state index in [0.717, 1.165) is 17.3 Å². The molecule has 0 aromatic heterocycles. The third-order valence-electron chi connectivity index (χ3n) is 3.37. The van der Waals surface area contributed by atoms with Gasteiger partial charge >= 0.3 is 0 Å². The SMILES string of the molecule is CC(C)(CCCCCCBr)c1cc(O)cc(O)c1. The van der Waals surface area contributed by atoms with Gasteiger partial charge in [0.25, 0.3) is 0 Å². The van der Waals surface area contributed by atoms with Gasteiger partial charge in [-0.05, 0) is 36.0 Å². The van der Waals surface area contributed by atoms with Crippen molar-refractivity contribution in [2.75, 3.05) is 5.33 Å². The van der Waals surface area contributed by atoms with Gasteiger partial charge in [0.15, 0.2) is 0 Å². The number of hydrogen-bond acceptors (Lipinski definition) is 2. The molecule has 0 radical (unpaired) electrons. The monoisotopic (exact) mass is 314 g/mol.